The van der Waals surface area contributed by atoms with Gasteiger partial charge in [-0.3, -0.25) is 28.8 Å². The molecule has 1 saturated heterocycles. The number of hydrogen-bond acceptors (Lipinski definition) is 16. The average Bonchev–Trinajstić information content (AvgIpc) is 3.42. The number of carboxylic acid groups (broad SMARTS) is 1. The molecule has 0 radical (unpaired) electrons. The van der Waals surface area contributed by atoms with Crippen LogP contribution in [0.15, 0.2) is 53.6 Å². The molecule has 2 atom stereocenters. The number of nitrogen functional groups attached to an aromatic ring is 1. The Hall–Kier alpha value is -5.09. The number of aliphatic carboxylic acids is 1. The number of carboxylic acids is 1. The van der Waals surface area contributed by atoms with E-state index in [-0.39, 0.29) is 38.9 Å². The number of H-pyrrole nitrogens is 1. The van der Waals surface area contributed by atoms with Gasteiger partial charge in [0.15, 0.2) is 28.4 Å². The number of amides is 2. The summed E-state index contributed by atoms with van der Waals surface area (Å²) in [6, 6.07) is -0.257. The molecule has 7 N–H and O–H groups in total. The molecule has 0 spiro atoms. The number of carbonyl (C=O) groups excluding carboxylic acids is 2. The molecule has 0 bridgehead atoms. The minimum atomic E-state index is -1.38. The predicted molar refractivity (Wildman–Crippen MR) is 158 cm³/mol. The van der Waals surface area contributed by atoms with Crippen LogP contribution in [0.5, 0.6) is 5.75 Å². The van der Waals surface area contributed by atoms with Crippen molar-refractivity contribution in [1.29, 1.82) is 0 Å². The number of β-lactam (4-membered cyclic amide) rings is 1. The number of anilines is 1. The maximum Gasteiger partial charge on any atom is 0.352 e. The number of aromatic hydroxyl groups is 1. The molecular formula is C23H21N9O10S3. The summed E-state index contributed by atoms with van der Waals surface area (Å²) in [5.74, 6) is -3.55. The van der Waals surface area contributed by atoms with Crippen molar-refractivity contribution >= 4 is 63.5 Å². The maximum absolute atomic E-state index is 13.3. The van der Waals surface area contributed by atoms with E-state index in [1.807, 2.05) is 4.98 Å². The number of oxime groups is 1. The molecule has 0 saturated carbocycles. The number of nitrogens with zero attached hydrogens (tertiary/aromatic N) is 6. The smallest absolute Gasteiger partial charge is 0.352 e. The highest BCUT2D eigenvalue weighted by Gasteiger charge is 2.54. The Labute approximate surface area is 262 Å². The van der Waals surface area contributed by atoms with Gasteiger partial charge in [-0.2, -0.15) is 9.71 Å². The van der Waals surface area contributed by atoms with Gasteiger partial charge in [-0.1, -0.05) is 16.9 Å². The third-order valence-electron chi connectivity index (χ3n) is 6.35. The summed E-state index contributed by atoms with van der Waals surface area (Å²) in [6.45, 7) is -0.508. The molecule has 0 aromatic carbocycles. The Morgan fingerprint density at radius 1 is 1.29 bits per heavy atom. The van der Waals surface area contributed by atoms with Crippen molar-refractivity contribution in [2.45, 2.75) is 23.2 Å². The quantitative estimate of drug-likeness (QED) is 0.0447. The average molecular weight is 680 g/mol. The first kappa shape index (κ1) is 31.3. The Kier molecular flexibility index (Phi) is 8.70. The van der Waals surface area contributed by atoms with E-state index in [2.05, 4.69) is 20.4 Å². The lowest BCUT2D eigenvalue weighted by Gasteiger charge is -2.49. The first-order valence-corrected chi connectivity index (χ1v) is 15.3. The molecule has 22 heteroatoms. The Balaban J connectivity index is 1.32. The van der Waals surface area contributed by atoms with Gasteiger partial charge in [0.05, 0.1) is 6.20 Å². The van der Waals surface area contributed by atoms with E-state index in [0.717, 1.165) is 44.8 Å². The molecule has 236 valence electrons. The molecule has 3 aromatic rings. The Morgan fingerprint density at radius 3 is 2.73 bits per heavy atom. The van der Waals surface area contributed by atoms with Crippen molar-refractivity contribution in [1.82, 2.24) is 34.5 Å². The van der Waals surface area contributed by atoms with E-state index >= 15 is 0 Å². The Morgan fingerprint density at radius 2 is 2.04 bits per heavy atom. The zero-order valence-electron chi connectivity index (χ0n) is 22.7. The SMILES string of the molecule is Cn1c(SCC2=C(C(=O)O)N3C(=O)[C@@H](NC(=O)/C(=N/OCc4cc(=O)c(O)cn4O)c4csc(N)n4)[C@H]3SC2)nc(=O)[nH]c1=O. The van der Waals surface area contributed by atoms with Crippen LogP contribution in [0.2, 0.25) is 0 Å². The molecule has 0 aliphatic carbocycles. The third kappa shape index (κ3) is 6.28. The standard InChI is InChI=1S/C23H21N9O10S3/c1-30-22(40)27-21(39)28-23(30)45-6-8-5-43-18-14(17(36)32(18)15(8)19(37)38)26-16(35)13(10-7-44-20(24)25-10)29-42-4-9-2-11(33)12(34)3-31(9)41/h2-3,7,14,18,34,41H,4-6H2,1H3,(H2,24,25)(H,26,35)(H,37,38)(H,27,39,40)/b29-13+/t14-,18-/m1/s1. The zero-order chi connectivity index (χ0) is 32.6. The van der Waals surface area contributed by atoms with Gasteiger partial charge in [0.25, 0.3) is 11.8 Å². The van der Waals surface area contributed by atoms with Crippen LogP contribution in [0.1, 0.15) is 11.4 Å². The summed E-state index contributed by atoms with van der Waals surface area (Å²) in [5.41, 5.74) is 2.90. The lowest BCUT2D eigenvalue weighted by molar-refractivity contribution is -0.150. The second-order valence-corrected chi connectivity index (χ2v) is 12.2. The maximum atomic E-state index is 13.3. The van der Waals surface area contributed by atoms with E-state index < -0.39 is 64.1 Å². The molecule has 5 rings (SSSR count). The van der Waals surface area contributed by atoms with Gasteiger partial charge in [0.1, 0.15) is 28.5 Å². The molecule has 3 aromatic heterocycles. The molecular weight excluding hydrogens is 659 g/mol. The predicted octanol–water partition coefficient (Wildman–Crippen LogP) is -1.94. The Bertz CT molecular complexity index is 1960. The fourth-order valence-corrected chi connectivity index (χ4v) is 7.15. The van der Waals surface area contributed by atoms with E-state index in [1.54, 1.807) is 0 Å². The fraction of sp³-hybridized carbons (Fsp3) is 0.261. The highest BCUT2D eigenvalue weighted by atomic mass is 32.2. The number of rotatable bonds is 10. The number of fused-ring (bicyclic) bond motifs is 1. The van der Waals surface area contributed by atoms with E-state index in [4.69, 9.17) is 10.6 Å². The van der Waals surface area contributed by atoms with Gasteiger partial charge in [-0.25, -0.2) is 19.4 Å². The first-order valence-electron chi connectivity index (χ1n) is 12.4. The molecule has 2 amide bonds. The van der Waals surface area contributed by atoms with Crippen LogP contribution in [0.25, 0.3) is 0 Å². The van der Waals surface area contributed by atoms with Crippen LogP contribution in [0.3, 0.4) is 0 Å². The highest BCUT2D eigenvalue weighted by Crippen LogP contribution is 2.41. The first-order chi connectivity index (χ1) is 21.3. The van der Waals surface area contributed by atoms with E-state index in [9.17, 15) is 44.2 Å². The summed E-state index contributed by atoms with van der Waals surface area (Å²) in [4.78, 5) is 89.8. The van der Waals surface area contributed by atoms with Crippen LogP contribution in [0.4, 0.5) is 5.13 Å². The largest absolute Gasteiger partial charge is 0.503 e. The van der Waals surface area contributed by atoms with Crippen LogP contribution < -0.4 is 27.9 Å². The van der Waals surface area contributed by atoms with Crippen LogP contribution >= 0.6 is 34.9 Å². The number of thiazole rings is 1. The number of pyridine rings is 1. The number of thioether (sulfide) groups is 2. The van der Waals surface area contributed by atoms with Gasteiger partial charge < -0.3 is 31.3 Å². The number of nitrogens with one attached hydrogen (secondary N) is 2. The van der Waals surface area contributed by atoms with Crippen LogP contribution in [0, 0.1) is 0 Å². The summed E-state index contributed by atoms with van der Waals surface area (Å²) >= 11 is 3.13. The fourth-order valence-electron chi connectivity index (χ4n) is 4.16. The van der Waals surface area contributed by atoms with Crippen molar-refractivity contribution in [3.05, 3.63) is 71.5 Å². The number of aromatic amines is 1. The lowest BCUT2D eigenvalue weighted by atomic mass is 10.0. The van der Waals surface area contributed by atoms with Crippen molar-refractivity contribution in [3.63, 3.8) is 0 Å². The molecule has 0 unspecified atom stereocenters. The number of nitrogens with two attached hydrogens (primary N) is 1. The van der Waals surface area contributed by atoms with Crippen molar-refractivity contribution in [2.75, 3.05) is 17.2 Å². The second kappa shape index (κ2) is 12.5. The van der Waals surface area contributed by atoms with E-state index in [1.165, 1.54) is 24.2 Å². The van der Waals surface area contributed by atoms with Crippen LogP contribution in [-0.4, -0.2) is 91.0 Å². The minimum absolute atomic E-state index is 0.00443. The molecule has 2 aliphatic rings. The lowest BCUT2D eigenvalue weighted by Crippen LogP contribution is -2.71. The molecule has 5 heterocycles. The summed E-state index contributed by atoms with van der Waals surface area (Å²) in [7, 11) is 1.39. The molecule has 45 heavy (non-hydrogen) atoms. The third-order valence-corrected chi connectivity index (χ3v) is 9.48. The summed E-state index contributed by atoms with van der Waals surface area (Å²) < 4.78 is 1.53. The van der Waals surface area contributed by atoms with Crippen molar-refractivity contribution < 1.29 is 34.6 Å². The second-order valence-electron chi connectivity index (χ2n) is 9.24. The normalized spacial score (nSPS) is 17.9. The van der Waals surface area contributed by atoms with Gasteiger partial charge >= 0.3 is 17.3 Å². The molecule has 2 aliphatic heterocycles. The minimum Gasteiger partial charge on any atom is -0.503 e. The number of hydrogen-bond donors (Lipinski definition) is 6. The monoisotopic (exact) mass is 679 g/mol. The number of carbonyl (C=O) groups is 3. The van der Waals surface area contributed by atoms with Gasteiger partial charge in [0.2, 0.25) is 5.43 Å². The van der Waals surface area contributed by atoms with Gasteiger partial charge in [-0.15, -0.1) is 23.1 Å². The topological polar surface area (TPSA) is 277 Å². The summed E-state index contributed by atoms with van der Waals surface area (Å²) in [5, 5.41) is 36.3. The zero-order valence-corrected chi connectivity index (χ0v) is 25.1. The molecule has 19 nitrogen and oxygen atoms in total. The van der Waals surface area contributed by atoms with Crippen molar-refractivity contribution in [3.8, 4) is 5.75 Å². The number of aromatic nitrogens is 5. The summed E-state index contributed by atoms with van der Waals surface area (Å²) in [6.07, 6.45) is 0.751. The molecule has 1 fully saturated rings. The van der Waals surface area contributed by atoms with Crippen LogP contribution in [-0.2, 0) is 32.9 Å². The van der Waals surface area contributed by atoms with E-state index in [0.29, 0.717) is 10.3 Å². The van der Waals surface area contributed by atoms with Gasteiger partial charge in [-0.05, 0) is 5.57 Å². The van der Waals surface area contributed by atoms with Gasteiger partial charge in [0, 0.05) is 30.0 Å². The highest BCUT2D eigenvalue weighted by molar-refractivity contribution is 8.01. The van der Waals surface area contributed by atoms with Crippen molar-refractivity contribution in [2.24, 2.45) is 12.2 Å².